The predicted octanol–water partition coefficient (Wildman–Crippen LogP) is -3.71. The summed E-state index contributed by atoms with van der Waals surface area (Å²) in [5.74, 6) is 0. The summed E-state index contributed by atoms with van der Waals surface area (Å²) in [7, 11) is 0. The lowest BCUT2D eigenvalue weighted by Crippen LogP contribution is -2.61. The smallest absolute Gasteiger partial charge is 0.109 e. The quantitative estimate of drug-likeness (QED) is 0.227. The van der Waals surface area contributed by atoms with E-state index in [1.54, 1.807) is 0 Å². The van der Waals surface area contributed by atoms with E-state index < -0.39 is 36.5 Å². The summed E-state index contributed by atoms with van der Waals surface area (Å²) < 4.78 is 0. The van der Waals surface area contributed by atoms with Crippen molar-refractivity contribution in [2.24, 2.45) is 0 Å². The summed E-state index contributed by atoms with van der Waals surface area (Å²) in [6.07, 6.45) is -4.34. The lowest BCUT2D eigenvalue weighted by molar-refractivity contribution is -0.124. The van der Waals surface area contributed by atoms with Crippen LogP contribution in [0.2, 0.25) is 0 Å². The van der Waals surface area contributed by atoms with Crippen molar-refractivity contribution in [3.63, 3.8) is 0 Å². The third-order valence-electron chi connectivity index (χ3n) is 2.59. The molecule has 0 spiro atoms. The third-order valence-corrected chi connectivity index (χ3v) is 2.59. The highest BCUT2D eigenvalue weighted by atomic mass is 16.4. The summed E-state index contributed by atoms with van der Waals surface area (Å²) in [5.41, 5.74) is 5.22. The maximum atomic E-state index is 9.41. The van der Waals surface area contributed by atoms with Crippen molar-refractivity contribution in [2.75, 3.05) is 0 Å². The zero-order valence-corrected chi connectivity index (χ0v) is 6.25. The van der Waals surface area contributed by atoms with Gasteiger partial charge in [0.1, 0.15) is 18.3 Å². The first-order valence-corrected chi connectivity index (χ1v) is 3.86. The Morgan fingerprint density at radius 2 is 1.00 bits per heavy atom. The van der Waals surface area contributed by atoms with Crippen LogP contribution in [0.25, 0.3) is 0 Å². The molecule has 0 radical (unpaired) electrons. The van der Waals surface area contributed by atoms with E-state index in [0.717, 1.165) is 0 Å². The lowest BCUT2D eigenvalue weighted by Gasteiger charge is -2.35. The van der Waals surface area contributed by atoms with Gasteiger partial charge < -0.3 is 20.4 Å². The molecule has 0 aromatic carbocycles. The summed E-state index contributed by atoms with van der Waals surface area (Å²) in [6, 6.07) is -1.21. The fourth-order valence-electron chi connectivity index (χ4n) is 1.79. The van der Waals surface area contributed by atoms with Crippen LogP contribution in [0.1, 0.15) is 0 Å². The van der Waals surface area contributed by atoms with Crippen LogP contribution in [0.3, 0.4) is 0 Å². The first-order chi connectivity index (χ1) is 5.63. The average molecular weight is 176 g/mol. The molecule has 1 aliphatic heterocycles. The Balaban J connectivity index is 2.23. The van der Waals surface area contributed by atoms with Crippen molar-refractivity contribution in [1.29, 1.82) is 0 Å². The molecule has 2 unspecified atom stereocenters. The highest BCUT2D eigenvalue weighted by molar-refractivity contribution is 5.08. The van der Waals surface area contributed by atoms with E-state index in [9.17, 15) is 20.4 Å². The largest absolute Gasteiger partial charge is 0.390 e. The lowest BCUT2D eigenvalue weighted by atomic mass is 9.84. The summed E-state index contributed by atoms with van der Waals surface area (Å²) in [6.45, 7) is 0. The molecule has 2 aliphatic rings. The first kappa shape index (κ1) is 8.36. The Kier molecular flexibility index (Phi) is 1.83. The van der Waals surface area contributed by atoms with Crippen LogP contribution >= 0.6 is 0 Å². The Bertz CT molecular complexity index is 172. The molecule has 2 rings (SSSR count). The molecule has 2 bridgehead atoms. The van der Waals surface area contributed by atoms with Crippen LogP contribution in [-0.2, 0) is 0 Å². The SMILES string of the molecule is OC1[C@H](O)[C@@H]2NN[C@@H](C2O)[C@H]1O. The predicted molar refractivity (Wildman–Crippen MR) is 37.9 cm³/mol. The molecule has 1 heterocycles. The zero-order valence-electron chi connectivity index (χ0n) is 6.25. The standard InChI is InChI=1S/C6H12N2O4/c9-3-1-4(10)6(12)5(11)2(3)8-7-1/h1-12H/t1-,2+,3?,4-,5-,6?/m1/s1. The van der Waals surface area contributed by atoms with Gasteiger partial charge in [-0.25, -0.2) is 10.9 Å². The van der Waals surface area contributed by atoms with Crippen molar-refractivity contribution in [2.45, 2.75) is 36.5 Å². The van der Waals surface area contributed by atoms with Gasteiger partial charge in [-0.15, -0.1) is 0 Å². The van der Waals surface area contributed by atoms with Crippen molar-refractivity contribution in [1.82, 2.24) is 10.9 Å². The number of hydrogen-bond donors (Lipinski definition) is 6. The molecular weight excluding hydrogens is 164 g/mol. The molecule has 0 aromatic rings. The van der Waals surface area contributed by atoms with Gasteiger partial charge in [0.05, 0.1) is 18.2 Å². The minimum absolute atomic E-state index is 0.603. The Labute approximate surface area is 68.8 Å². The van der Waals surface area contributed by atoms with E-state index in [-0.39, 0.29) is 0 Å². The van der Waals surface area contributed by atoms with Crippen molar-refractivity contribution >= 4 is 0 Å². The van der Waals surface area contributed by atoms with Crippen molar-refractivity contribution in [3.05, 3.63) is 0 Å². The second kappa shape index (κ2) is 2.63. The Morgan fingerprint density at radius 1 is 0.583 bits per heavy atom. The number of hydrazine groups is 1. The van der Waals surface area contributed by atoms with E-state index in [2.05, 4.69) is 10.9 Å². The molecule has 0 aromatic heterocycles. The van der Waals surface area contributed by atoms with E-state index in [4.69, 9.17) is 0 Å². The van der Waals surface area contributed by atoms with Gasteiger partial charge in [0.2, 0.25) is 0 Å². The van der Waals surface area contributed by atoms with Crippen LogP contribution < -0.4 is 10.9 Å². The molecule has 12 heavy (non-hydrogen) atoms. The van der Waals surface area contributed by atoms with Gasteiger partial charge in [-0.1, -0.05) is 0 Å². The molecule has 1 saturated heterocycles. The molecule has 6 heteroatoms. The normalized spacial score (nSPS) is 59.0. The van der Waals surface area contributed by atoms with Gasteiger partial charge in [0.15, 0.2) is 0 Å². The fraction of sp³-hybridized carbons (Fsp3) is 1.00. The van der Waals surface area contributed by atoms with Crippen LogP contribution in [0.5, 0.6) is 0 Å². The number of fused-ring (bicyclic) bond motifs is 2. The molecule has 2 fully saturated rings. The molecule has 6 atom stereocenters. The van der Waals surface area contributed by atoms with Gasteiger partial charge in [-0.05, 0) is 0 Å². The topological polar surface area (TPSA) is 105 Å². The number of aliphatic hydroxyl groups is 4. The third kappa shape index (κ3) is 0.905. The first-order valence-electron chi connectivity index (χ1n) is 3.86. The van der Waals surface area contributed by atoms with Gasteiger partial charge in [-0.2, -0.15) is 0 Å². The number of nitrogens with one attached hydrogen (secondary N) is 2. The number of rotatable bonds is 0. The second-order valence-electron chi connectivity index (χ2n) is 3.30. The minimum atomic E-state index is -1.20. The number of hydrogen-bond acceptors (Lipinski definition) is 6. The van der Waals surface area contributed by atoms with Gasteiger partial charge in [0, 0.05) is 0 Å². The minimum Gasteiger partial charge on any atom is -0.390 e. The molecule has 6 nitrogen and oxygen atoms in total. The zero-order chi connectivity index (χ0) is 8.88. The van der Waals surface area contributed by atoms with Gasteiger partial charge >= 0.3 is 0 Å². The molecule has 1 aliphatic carbocycles. The van der Waals surface area contributed by atoms with E-state index >= 15 is 0 Å². The van der Waals surface area contributed by atoms with Crippen LogP contribution in [0.4, 0.5) is 0 Å². The van der Waals surface area contributed by atoms with Crippen LogP contribution in [0, 0.1) is 0 Å². The molecule has 70 valence electrons. The molecule has 1 saturated carbocycles. The maximum absolute atomic E-state index is 9.41. The number of aliphatic hydroxyl groups excluding tert-OH is 4. The van der Waals surface area contributed by atoms with E-state index in [1.807, 2.05) is 0 Å². The van der Waals surface area contributed by atoms with Crippen LogP contribution in [0.15, 0.2) is 0 Å². The molecule has 6 N–H and O–H groups in total. The van der Waals surface area contributed by atoms with E-state index in [1.165, 1.54) is 0 Å². The van der Waals surface area contributed by atoms with Gasteiger partial charge in [0.25, 0.3) is 0 Å². The highest BCUT2D eigenvalue weighted by Crippen LogP contribution is 2.24. The molecular formula is C6H12N2O4. The van der Waals surface area contributed by atoms with Gasteiger partial charge in [-0.3, -0.25) is 0 Å². The summed E-state index contributed by atoms with van der Waals surface area (Å²) >= 11 is 0. The fourth-order valence-corrected chi connectivity index (χ4v) is 1.79. The summed E-state index contributed by atoms with van der Waals surface area (Å²) in [5, 5.41) is 37.3. The average Bonchev–Trinajstić information content (AvgIpc) is 2.38. The van der Waals surface area contributed by atoms with Crippen molar-refractivity contribution in [3.8, 4) is 0 Å². The molecule has 0 amide bonds. The summed E-state index contributed by atoms with van der Waals surface area (Å²) in [4.78, 5) is 0. The Hall–Kier alpha value is -0.240. The van der Waals surface area contributed by atoms with E-state index in [0.29, 0.717) is 0 Å². The van der Waals surface area contributed by atoms with Crippen LogP contribution in [-0.4, -0.2) is 56.9 Å². The van der Waals surface area contributed by atoms with Crippen molar-refractivity contribution < 1.29 is 20.4 Å². The highest BCUT2D eigenvalue weighted by Gasteiger charge is 2.52. The maximum Gasteiger partial charge on any atom is 0.109 e. The Morgan fingerprint density at radius 3 is 1.42 bits per heavy atom. The second-order valence-corrected chi connectivity index (χ2v) is 3.30. The monoisotopic (exact) mass is 176 g/mol.